The fraction of sp³-hybridized carbons (Fsp3) is 1.00. The van der Waals surface area contributed by atoms with E-state index in [4.69, 9.17) is 0 Å². The molecule has 1 rings (SSSR count). The fourth-order valence-corrected chi connectivity index (χ4v) is 2.89. The molecule has 0 aliphatic carbocycles. The van der Waals surface area contributed by atoms with Crippen LogP contribution in [0.2, 0.25) is 0 Å². The summed E-state index contributed by atoms with van der Waals surface area (Å²) >= 11 is 2.02. The van der Waals surface area contributed by atoms with Gasteiger partial charge in [0.1, 0.15) is 0 Å². The molecule has 2 nitrogen and oxygen atoms in total. The van der Waals surface area contributed by atoms with E-state index in [1.54, 1.807) is 0 Å². The summed E-state index contributed by atoms with van der Waals surface area (Å²) in [5.74, 6) is 2.50. The number of likely N-dealkylation sites (tertiary alicyclic amines) is 1. The molecule has 16 heavy (non-hydrogen) atoms. The van der Waals surface area contributed by atoms with E-state index in [1.165, 1.54) is 63.4 Å². The Bertz CT molecular complexity index is 164. The number of hydrogen-bond acceptors (Lipinski definition) is 3. The SMILES string of the molecule is CCSCCNCCCN1CCCCC1C. The molecule has 1 unspecified atom stereocenters. The Balaban J connectivity index is 1.90. The summed E-state index contributed by atoms with van der Waals surface area (Å²) in [5, 5.41) is 3.53. The van der Waals surface area contributed by atoms with Crippen molar-refractivity contribution in [3.63, 3.8) is 0 Å². The van der Waals surface area contributed by atoms with Gasteiger partial charge in [-0.2, -0.15) is 11.8 Å². The standard InChI is InChI=1S/C13H28N2S/c1-3-16-12-9-14-8-6-11-15-10-5-4-7-13(15)2/h13-14H,3-12H2,1-2H3. The highest BCUT2D eigenvalue weighted by Crippen LogP contribution is 2.15. The summed E-state index contributed by atoms with van der Waals surface area (Å²) < 4.78 is 0. The molecule has 0 bridgehead atoms. The maximum Gasteiger partial charge on any atom is 0.00669 e. The topological polar surface area (TPSA) is 15.3 Å². The number of nitrogens with one attached hydrogen (secondary N) is 1. The minimum absolute atomic E-state index is 0.824. The Morgan fingerprint density at radius 1 is 1.31 bits per heavy atom. The molecule has 1 fully saturated rings. The van der Waals surface area contributed by atoms with Crippen LogP contribution in [0.15, 0.2) is 0 Å². The first kappa shape index (κ1) is 14.3. The second kappa shape index (κ2) is 9.32. The molecule has 0 amide bonds. The number of thioether (sulfide) groups is 1. The van der Waals surface area contributed by atoms with Gasteiger partial charge in [-0.05, 0) is 51.6 Å². The smallest absolute Gasteiger partial charge is 0.00669 e. The summed E-state index contributed by atoms with van der Waals surface area (Å²) in [5.41, 5.74) is 0. The number of hydrogen-bond donors (Lipinski definition) is 1. The third-order valence-corrected chi connectivity index (χ3v) is 4.27. The van der Waals surface area contributed by atoms with Gasteiger partial charge in [0.2, 0.25) is 0 Å². The molecule has 1 saturated heterocycles. The third-order valence-electron chi connectivity index (χ3n) is 3.37. The van der Waals surface area contributed by atoms with E-state index in [1.807, 2.05) is 11.8 Å². The highest BCUT2D eigenvalue weighted by atomic mass is 32.2. The zero-order valence-electron chi connectivity index (χ0n) is 11.0. The van der Waals surface area contributed by atoms with Crippen LogP contribution in [0.4, 0.5) is 0 Å². The van der Waals surface area contributed by atoms with Gasteiger partial charge in [0.15, 0.2) is 0 Å². The van der Waals surface area contributed by atoms with Crippen molar-refractivity contribution in [3.8, 4) is 0 Å². The molecule has 1 aliphatic heterocycles. The highest BCUT2D eigenvalue weighted by Gasteiger charge is 2.16. The number of nitrogens with zero attached hydrogens (tertiary/aromatic N) is 1. The summed E-state index contributed by atoms with van der Waals surface area (Å²) in [4.78, 5) is 2.66. The fourth-order valence-electron chi connectivity index (χ4n) is 2.31. The molecular weight excluding hydrogens is 216 g/mol. The largest absolute Gasteiger partial charge is 0.316 e. The van der Waals surface area contributed by atoms with E-state index in [-0.39, 0.29) is 0 Å². The molecule has 0 radical (unpaired) electrons. The van der Waals surface area contributed by atoms with Crippen LogP contribution in [0.1, 0.15) is 39.5 Å². The van der Waals surface area contributed by atoms with Crippen LogP contribution in [-0.4, -0.2) is 48.6 Å². The van der Waals surface area contributed by atoms with Gasteiger partial charge < -0.3 is 10.2 Å². The first-order valence-electron chi connectivity index (χ1n) is 6.87. The molecule has 0 saturated carbocycles. The maximum absolute atomic E-state index is 3.53. The molecule has 1 N–H and O–H groups in total. The minimum atomic E-state index is 0.824. The van der Waals surface area contributed by atoms with Crippen molar-refractivity contribution >= 4 is 11.8 Å². The Morgan fingerprint density at radius 2 is 2.19 bits per heavy atom. The number of piperidine rings is 1. The molecule has 0 spiro atoms. The van der Waals surface area contributed by atoms with Crippen molar-refractivity contribution < 1.29 is 0 Å². The van der Waals surface area contributed by atoms with Crippen LogP contribution in [0.25, 0.3) is 0 Å². The van der Waals surface area contributed by atoms with Gasteiger partial charge in [-0.15, -0.1) is 0 Å². The average Bonchev–Trinajstić information content (AvgIpc) is 2.30. The van der Waals surface area contributed by atoms with Gasteiger partial charge in [-0.3, -0.25) is 0 Å². The summed E-state index contributed by atoms with van der Waals surface area (Å²) in [6, 6.07) is 0.824. The zero-order chi connectivity index (χ0) is 11.6. The predicted octanol–water partition coefficient (Wildman–Crippen LogP) is 2.59. The molecule has 0 aromatic heterocycles. The van der Waals surface area contributed by atoms with E-state index in [0.717, 1.165) is 6.04 Å². The van der Waals surface area contributed by atoms with E-state index >= 15 is 0 Å². The third kappa shape index (κ3) is 6.12. The van der Waals surface area contributed by atoms with Gasteiger partial charge in [-0.1, -0.05) is 13.3 Å². The zero-order valence-corrected chi connectivity index (χ0v) is 11.8. The van der Waals surface area contributed by atoms with Crippen molar-refractivity contribution in [2.75, 3.05) is 37.7 Å². The van der Waals surface area contributed by atoms with E-state index in [2.05, 4.69) is 24.1 Å². The first-order valence-corrected chi connectivity index (χ1v) is 8.02. The van der Waals surface area contributed by atoms with Gasteiger partial charge in [0.25, 0.3) is 0 Å². The second-order valence-corrected chi connectivity index (χ2v) is 6.08. The van der Waals surface area contributed by atoms with E-state index < -0.39 is 0 Å². The first-order chi connectivity index (χ1) is 7.84. The quantitative estimate of drug-likeness (QED) is 0.661. The van der Waals surface area contributed by atoms with Crippen LogP contribution in [0.3, 0.4) is 0 Å². The molecule has 3 heteroatoms. The van der Waals surface area contributed by atoms with Crippen LogP contribution in [0.5, 0.6) is 0 Å². The lowest BCUT2D eigenvalue weighted by atomic mass is 10.0. The van der Waals surface area contributed by atoms with Gasteiger partial charge in [0.05, 0.1) is 0 Å². The summed E-state index contributed by atoms with van der Waals surface area (Å²) in [7, 11) is 0. The molecule has 0 aromatic carbocycles. The molecule has 1 aliphatic rings. The van der Waals surface area contributed by atoms with Gasteiger partial charge in [-0.25, -0.2) is 0 Å². The number of rotatable bonds is 8. The molecule has 96 valence electrons. The van der Waals surface area contributed by atoms with Crippen LogP contribution >= 0.6 is 11.8 Å². The van der Waals surface area contributed by atoms with Gasteiger partial charge in [0, 0.05) is 18.3 Å². The lowest BCUT2D eigenvalue weighted by molar-refractivity contribution is 0.159. The van der Waals surface area contributed by atoms with E-state index in [0.29, 0.717) is 0 Å². The van der Waals surface area contributed by atoms with E-state index in [9.17, 15) is 0 Å². The lowest BCUT2D eigenvalue weighted by Gasteiger charge is -2.33. The molecule has 1 atom stereocenters. The predicted molar refractivity (Wildman–Crippen MR) is 75.4 cm³/mol. The summed E-state index contributed by atoms with van der Waals surface area (Å²) in [6.45, 7) is 9.58. The van der Waals surface area contributed by atoms with Crippen molar-refractivity contribution in [2.45, 2.75) is 45.6 Å². The Hall–Kier alpha value is 0.270. The summed E-state index contributed by atoms with van der Waals surface area (Å²) in [6.07, 6.45) is 5.55. The normalized spacial score (nSPS) is 22.5. The van der Waals surface area contributed by atoms with Crippen molar-refractivity contribution in [3.05, 3.63) is 0 Å². The average molecular weight is 244 g/mol. The second-order valence-electron chi connectivity index (χ2n) is 4.68. The molecule has 1 heterocycles. The van der Waals surface area contributed by atoms with Crippen molar-refractivity contribution in [1.82, 2.24) is 10.2 Å². The Kier molecular flexibility index (Phi) is 8.34. The minimum Gasteiger partial charge on any atom is -0.316 e. The Morgan fingerprint density at radius 3 is 2.94 bits per heavy atom. The van der Waals surface area contributed by atoms with Gasteiger partial charge >= 0.3 is 0 Å². The lowest BCUT2D eigenvalue weighted by Crippen LogP contribution is -2.39. The van der Waals surface area contributed by atoms with Crippen molar-refractivity contribution in [2.24, 2.45) is 0 Å². The van der Waals surface area contributed by atoms with Crippen LogP contribution in [-0.2, 0) is 0 Å². The highest BCUT2D eigenvalue weighted by molar-refractivity contribution is 7.99. The molecule has 0 aromatic rings. The van der Waals surface area contributed by atoms with Crippen LogP contribution < -0.4 is 5.32 Å². The molecular formula is C13H28N2S. The maximum atomic E-state index is 3.53. The Labute approximate surface area is 106 Å². The van der Waals surface area contributed by atoms with Crippen molar-refractivity contribution in [1.29, 1.82) is 0 Å². The van der Waals surface area contributed by atoms with Crippen LogP contribution in [0, 0.1) is 0 Å². The monoisotopic (exact) mass is 244 g/mol.